The largest absolute Gasteiger partial charge is 1.00 e. The molecule has 93 heavy (non-hydrogen) atoms. The minimum absolute atomic E-state index is 0. The zero-order chi connectivity index (χ0) is 66.4. The number of aliphatic hydroxyl groups excluding tert-OH is 7. The van der Waals surface area contributed by atoms with Crippen LogP contribution in [0.4, 0.5) is 5.69 Å². The number of carbonyl (C=O) groups is 7. The van der Waals surface area contributed by atoms with Crippen LogP contribution in [0.2, 0.25) is 0 Å². The Kier molecular flexibility index (Phi) is 24.2. The number of anilines is 1. The second-order valence-electron chi connectivity index (χ2n) is 23.1. The minimum atomic E-state index is -2.50. The van der Waals surface area contributed by atoms with Crippen LogP contribution in [-0.2, 0) is 42.9 Å². The molecule has 2 aromatic heterocycles. The number of rotatable bonds is 15. The first-order valence-corrected chi connectivity index (χ1v) is 30.6. The van der Waals surface area contributed by atoms with Crippen LogP contribution in [0, 0.1) is 12.5 Å². The second kappa shape index (κ2) is 31.4. The van der Waals surface area contributed by atoms with Crippen molar-refractivity contribution in [3.8, 4) is 33.3 Å². The summed E-state index contributed by atoms with van der Waals surface area (Å²) in [5.41, 5.74) is 2.72. The third-order valence-electron chi connectivity index (χ3n) is 16.2. The third-order valence-corrected chi connectivity index (χ3v) is 17.5. The minimum Gasteiger partial charge on any atom is -0.691 e. The summed E-state index contributed by atoms with van der Waals surface area (Å²) in [6.07, 6.45) is -12.9. The Bertz CT molecular complexity index is 3510. The number of nitrogens with zero attached hydrogens (tertiary/aromatic N) is 7. The molecule has 13 N–H and O–H groups in total. The molecular formula is C58H69N12NaO20S2. The average Bonchev–Trinajstić information content (AvgIpc) is 1.72. The van der Waals surface area contributed by atoms with Crippen LogP contribution in [0.1, 0.15) is 62.6 Å². The fraction of sp³-hybridized carbons (Fsp3) is 0.483. The molecule has 9 rings (SSSR count). The molecule has 32 nitrogen and oxygen atoms in total. The van der Waals surface area contributed by atoms with Crippen molar-refractivity contribution < 1.29 is 128 Å². The summed E-state index contributed by atoms with van der Waals surface area (Å²) in [7, 11) is 0. The maximum absolute atomic E-state index is 14.7. The SMILES string of the molecule is [C-]#[N+]C[C@@H](O)[C@@H]1NC(=O)C([C@H](O)[C@@H](O)c2ccc(O)c(OSOO[O-])c2)NC(=O)C2CC(O)CN2C(=O)C(C(C)O)NC(=O)[C@@H](NC(=O)c2ccc(-c3cn4nc(-c5ccc(N6CC(C)OC(C)C6)cc5)sc4n3)cc2)C[C@H](O)CNC(=O)C2[C@@H](O)C(C)CN2C1=O.[Na+]. The van der Waals surface area contributed by atoms with E-state index in [1.54, 1.807) is 22.8 Å². The predicted molar refractivity (Wildman–Crippen MR) is 320 cm³/mol. The summed E-state index contributed by atoms with van der Waals surface area (Å²) in [6, 6.07) is 5.02. The van der Waals surface area contributed by atoms with Crippen molar-refractivity contribution in [2.45, 2.75) is 132 Å². The maximum Gasteiger partial charge on any atom is 1.00 e. The molecule has 4 aliphatic rings. The Morgan fingerprint density at radius 1 is 0.828 bits per heavy atom. The fourth-order valence-electron chi connectivity index (χ4n) is 11.5. The number of benzene rings is 3. The number of aliphatic hydroxyl groups is 7. The van der Waals surface area contributed by atoms with Gasteiger partial charge in [-0.1, -0.05) is 36.5 Å². The molecular weight excluding hydrogens is 1270 g/mol. The first-order chi connectivity index (χ1) is 43.8. The van der Waals surface area contributed by atoms with Crippen molar-refractivity contribution >= 4 is 75.7 Å². The summed E-state index contributed by atoms with van der Waals surface area (Å²) in [5, 5.41) is 121. The number of phenols is 1. The van der Waals surface area contributed by atoms with Crippen LogP contribution < -0.4 is 70.5 Å². The van der Waals surface area contributed by atoms with Gasteiger partial charge >= 0.3 is 29.6 Å². The quantitative estimate of drug-likeness (QED) is 0.0116. The molecule has 5 aromatic rings. The number of phenolic OH excluding ortho intramolecular Hbond substituents is 1. The topological polar surface area (TPSA) is 446 Å². The van der Waals surface area contributed by atoms with Gasteiger partial charge in [-0.25, -0.2) is 16.1 Å². The molecule has 0 spiro atoms. The van der Waals surface area contributed by atoms with Crippen molar-refractivity contribution in [1.82, 2.24) is 51.0 Å². The van der Waals surface area contributed by atoms with Gasteiger partial charge in [-0.2, -0.15) is 5.10 Å². The summed E-state index contributed by atoms with van der Waals surface area (Å²) >= 11 is 1.30. The third kappa shape index (κ3) is 16.7. The van der Waals surface area contributed by atoms with Crippen LogP contribution in [0.15, 0.2) is 72.9 Å². The Morgan fingerprint density at radius 2 is 1.48 bits per heavy atom. The molecule has 16 atom stereocenters. The van der Waals surface area contributed by atoms with E-state index in [0.29, 0.717) is 16.2 Å². The molecule has 3 aromatic carbocycles. The summed E-state index contributed by atoms with van der Waals surface area (Å²) < 4.78 is 16.6. The number of β-amino-alcohol motifs (C(OH)–C–C–N with tert-alkyl or cyclic N) is 1. The molecule has 0 radical (unpaired) electrons. The average molecular weight is 1340 g/mol. The standard InChI is InChI=1S/C58H70N12O20S2.Na/c1-26-21-69-46(47(26)76)54(83)60-19-35(72)17-37(61-50(79)31-8-6-30(7-9-31)38-25-70-58(62-38)91-55(66-70)32-10-13-34(14-11-32)67-22-27(2)87-28(3)23-67)51(80)63-43(29(4)71)56(84)68-24-36(73)18-39(68)52(81)65-45(53(82)64-44(57(69)85)41(75)20-59-5)49(78)48(77)33-12-15-40(74)42(16-33)88-92-90-89-86;/h6-16,25-29,35-37,39,41,43-49,71-78,86H,17-24H2,1-4H3,(H,60,83)(H,61,79)(H,63,80)(H,64,82)(H,65,81);/q;+1/p-1/t26?,27?,28?,29?,35-,36?,37-,39?,41+,43?,44-,45?,46?,47-,48-,49-;/m0./s1. The first kappa shape index (κ1) is 71.7. The zero-order valence-electron chi connectivity index (χ0n) is 50.7. The second-order valence-corrected chi connectivity index (χ2v) is 24.5. The molecule has 0 bridgehead atoms. The van der Waals surface area contributed by atoms with Gasteiger partial charge in [-0.3, -0.25) is 38.6 Å². The maximum atomic E-state index is 14.7. The number of nitrogens with one attached hydrogen (secondary N) is 5. The van der Waals surface area contributed by atoms with Crippen LogP contribution in [0.3, 0.4) is 0 Å². The van der Waals surface area contributed by atoms with E-state index in [-0.39, 0.29) is 65.2 Å². The van der Waals surface area contributed by atoms with Crippen molar-refractivity contribution in [3.05, 3.63) is 95.5 Å². The van der Waals surface area contributed by atoms with Crippen LogP contribution in [-0.4, -0.2) is 231 Å². The number of aromatic nitrogens is 3. The number of amides is 7. The number of morpholine rings is 1. The number of hydrogen-bond acceptors (Lipinski definition) is 25. The van der Waals surface area contributed by atoms with E-state index in [1.165, 1.54) is 30.4 Å². The summed E-state index contributed by atoms with van der Waals surface area (Å²) in [4.78, 5) is 114. The Hall–Kier alpha value is -7.15. The van der Waals surface area contributed by atoms with Crippen molar-refractivity contribution in [2.75, 3.05) is 44.2 Å². The van der Waals surface area contributed by atoms with Crippen LogP contribution >= 0.6 is 23.7 Å². The monoisotopic (exact) mass is 1340 g/mol. The van der Waals surface area contributed by atoms with Gasteiger partial charge in [0, 0.05) is 73.9 Å². The van der Waals surface area contributed by atoms with Gasteiger partial charge in [0.2, 0.25) is 46.9 Å². The number of imidazole rings is 1. The normalized spacial score (nSPS) is 27.4. The van der Waals surface area contributed by atoms with Crippen LogP contribution in [0.25, 0.3) is 31.6 Å². The van der Waals surface area contributed by atoms with Gasteiger partial charge < -0.3 is 101 Å². The molecule has 0 aliphatic carbocycles. The smallest absolute Gasteiger partial charge is 0.691 e. The number of hydrogen-bond donors (Lipinski definition) is 13. The van der Waals surface area contributed by atoms with E-state index in [0.717, 1.165) is 64.3 Å². The van der Waals surface area contributed by atoms with E-state index in [2.05, 4.69) is 45.7 Å². The number of aromatic hydroxyl groups is 1. The van der Waals surface area contributed by atoms with E-state index < -0.39 is 177 Å². The molecule has 4 saturated heterocycles. The molecule has 4 fully saturated rings. The van der Waals surface area contributed by atoms with Crippen molar-refractivity contribution in [1.29, 1.82) is 0 Å². The summed E-state index contributed by atoms with van der Waals surface area (Å²) in [6.45, 7) is 13.0. The Labute approximate surface area is 561 Å². The van der Waals surface area contributed by atoms with Crippen molar-refractivity contribution in [2.24, 2.45) is 5.92 Å². The van der Waals surface area contributed by atoms with Gasteiger partial charge in [0.15, 0.2) is 17.6 Å². The molecule has 4 aliphatic heterocycles. The molecule has 494 valence electrons. The Morgan fingerprint density at radius 3 is 2.14 bits per heavy atom. The Balaban J connectivity index is 0.0000111. The summed E-state index contributed by atoms with van der Waals surface area (Å²) in [5.74, 6) is -10.5. The van der Waals surface area contributed by atoms with Gasteiger partial charge in [0.05, 0.1) is 48.5 Å². The molecule has 7 amide bonds. The van der Waals surface area contributed by atoms with Crippen molar-refractivity contribution in [3.63, 3.8) is 0 Å². The first-order valence-electron chi connectivity index (χ1n) is 29.1. The predicted octanol–water partition coefficient (Wildman–Crippen LogP) is -6.03. The van der Waals surface area contributed by atoms with E-state index in [4.69, 9.17) is 25.6 Å². The van der Waals surface area contributed by atoms with Gasteiger partial charge in [-0.15, -0.1) is 4.33 Å². The molecule has 6 heterocycles. The molecule has 9 unspecified atom stereocenters. The van der Waals surface area contributed by atoms with E-state index in [9.17, 15) is 79.7 Å². The zero-order valence-corrected chi connectivity index (χ0v) is 54.4. The fourth-order valence-corrected chi connectivity index (χ4v) is 12.6. The van der Waals surface area contributed by atoms with Gasteiger partial charge in [-0.05, 0) is 74.9 Å². The molecule has 35 heteroatoms. The number of carbonyl (C=O) groups excluding carboxylic acids is 7. The van der Waals surface area contributed by atoms with Crippen LogP contribution in [0.5, 0.6) is 11.5 Å². The number of fused-ring (bicyclic) bond motifs is 3. The number of ether oxygens (including phenoxy) is 1. The van der Waals surface area contributed by atoms with E-state index >= 15 is 0 Å². The van der Waals surface area contributed by atoms with Gasteiger partial charge in [0.25, 0.3) is 18.2 Å². The van der Waals surface area contributed by atoms with Gasteiger partial charge in [0.1, 0.15) is 53.5 Å². The van der Waals surface area contributed by atoms with E-state index in [1.807, 2.05) is 38.1 Å². The molecule has 0 saturated carbocycles.